The highest BCUT2D eigenvalue weighted by atomic mass is 28.3. The maximum atomic E-state index is 14.7. The first kappa shape index (κ1) is 24.8. The molecular weight excluding hydrogens is 439 g/mol. The Labute approximate surface area is 194 Å². The summed E-state index contributed by atoms with van der Waals surface area (Å²) in [7, 11) is -0.230. The van der Waals surface area contributed by atoms with Crippen LogP contribution in [0, 0.1) is 11.7 Å². The Morgan fingerprint density at radius 1 is 1.15 bits per heavy atom. The molecule has 0 bridgehead atoms. The van der Waals surface area contributed by atoms with E-state index in [9.17, 15) is 18.8 Å². The summed E-state index contributed by atoms with van der Waals surface area (Å²) < 4.78 is 19.8. The smallest absolute Gasteiger partial charge is 0.226 e. The van der Waals surface area contributed by atoms with Gasteiger partial charge in [-0.05, 0) is 27.9 Å². The SMILES string of the molecule is COCc1ccc([C@@H](NC(=O)[C@@H]2CNC(=O)C2)C(=O)Cc2ccc([Si](C)(C)C)c(F)c2)cc1. The molecular formula is C25H31FN2O4Si. The van der Waals surface area contributed by atoms with Crippen molar-refractivity contribution in [1.82, 2.24) is 10.6 Å². The molecule has 1 heterocycles. The molecule has 1 aliphatic heterocycles. The van der Waals surface area contributed by atoms with E-state index in [0.717, 1.165) is 10.8 Å². The molecule has 2 amide bonds. The summed E-state index contributed by atoms with van der Waals surface area (Å²) in [6.45, 7) is 6.89. The lowest BCUT2D eigenvalue weighted by molar-refractivity contribution is -0.130. The van der Waals surface area contributed by atoms with Crippen molar-refractivity contribution in [3.05, 3.63) is 65.0 Å². The highest BCUT2D eigenvalue weighted by molar-refractivity contribution is 6.88. The number of hydrogen-bond acceptors (Lipinski definition) is 4. The molecule has 0 aromatic heterocycles. The second-order valence-corrected chi connectivity index (χ2v) is 14.6. The van der Waals surface area contributed by atoms with Crippen molar-refractivity contribution in [1.29, 1.82) is 0 Å². The maximum absolute atomic E-state index is 14.7. The Kier molecular flexibility index (Phi) is 7.81. The number of Topliss-reactive ketones (excluding diaryl/α,β-unsaturated/α-hetero) is 1. The molecule has 3 rings (SSSR count). The number of nitrogens with one attached hydrogen (secondary N) is 2. The van der Waals surface area contributed by atoms with Crippen LogP contribution >= 0.6 is 0 Å². The minimum atomic E-state index is -1.83. The molecule has 1 saturated heterocycles. The summed E-state index contributed by atoms with van der Waals surface area (Å²) in [5.41, 5.74) is 2.13. The van der Waals surface area contributed by atoms with E-state index in [1.807, 2.05) is 12.1 Å². The van der Waals surface area contributed by atoms with Crippen LogP contribution in [-0.2, 0) is 32.1 Å². The normalized spacial score (nSPS) is 16.9. The number of benzene rings is 2. The van der Waals surface area contributed by atoms with Gasteiger partial charge in [-0.15, -0.1) is 0 Å². The van der Waals surface area contributed by atoms with Gasteiger partial charge in [0.2, 0.25) is 11.8 Å². The van der Waals surface area contributed by atoms with Crippen LogP contribution in [0.3, 0.4) is 0 Å². The number of halogens is 1. The predicted molar refractivity (Wildman–Crippen MR) is 127 cm³/mol. The molecule has 0 unspecified atom stereocenters. The molecule has 1 fully saturated rings. The summed E-state index contributed by atoms with van der Waals surface area (Å²) in [6, 6.07) is 11.3. The molecule has 0 radical (unpaired) electrons. The van der Waals surface area contributed by atoms with Gasteiger partial charge in [0.15, 0.2) is 5.78 Å². The van der Waals surface area contributed by atoms with Gasteiger partial charge >= 0.3 is 0 Å². The molecule has 2 aromatic rings. The van der Waals surface area contributed by atoms with Crippen molar-refractivity contribution >= 4 is 30.9 Å². The molecule has 6 nitrogen and oxygen atoms in total. The van der Waals surface area contributed by atoms with Crippen LogP contribution in [0.25, 0.3) is 0 Å². The molecule has 33 heavy (non-hydrogen) atoms. The van der Waals surface area contributed by atoms with Gasteiger partial charge in [-0.2, -0.15) is 0 Å². The Hall–Kier alpha value is -2.84. The third kappa shape index (κ3) is 6.36. The average Bonchev–Trinajstić information content (AvgIpc) is 3.18. The fourth-order valence-electron chi connectivity index (χ4n) is 3.95. The minimum absolute atomic E-state index is 0.0183. The van der Waals surface area contributed by atoms with Gasteiger partial charge in [-0.1, -0.05) is 56.0 Å². The topological polar surface area (TPSA) is 84.5 Å². The molecule has 1 aliphatic rings. The number of amides is 2. The first-order valence-electron chi connectivity index (χ1n) is 11.0. The number of carbonyl (C=O) groups is 3. The Balaban J connectivity index is 1.83. The Morgan fingerprint density at radius 3 is 2.36 bits per heavy atom. The third-order valence-electron chi connectivity index (χ3n) is 5.80. The van der Waals surface area contributed by atoms with Gasteiger partial charge in [0.25, 0.3) is 0 Å². The van der Waals surface area contributed by atoms with Crippen molar-refractivity contribution in [2.24, 2.45) is 5.92 Å². The van der Waals surface area contributed by atoms with Crippen molar-refractivity contribution in [3.63, 3.8) is 0 Å². The van der Waals surface area contributed by atoms with Crippen LogP contribution in [0.1, 0.15) is 29.2 Å². The van der Waals surface area contributed by atoms with Crippen LogP contribution in [0.15, 0.2) is 42.5 Å². The van der Waals surface area contributed by atoms with Gasteiger partial charge in [0, 0.05) is 26.5 Å². The van der Waals surface area contributed by atoms with E-state index in [0.29, 0.717) is 17.7 Å². The largest absolute Gasteiger partial charge is 0.380 e. The standard InChI is InChI=1S/C25H31FN2O4Si/c1-32-15-16-5-8-18(9-6-16)24(28-25(31)19-13-23(30)27-14-19)21(29)12-17-7-10-22(20(26)11-17)33(2,3)4/h5-11,19,24H,12-15H2,1-4H3,(H,27,30)(H,28,31)/t19-,24+/m0/s1. The third-order valence-corrected chi connectivity index (χ3v) is 7.82. The lowest BCUT2D eigenvalue weighted by Gasteiger charge is -2.21. The van der Waals surface area contributed by atoms with Gasteiger partial charge in [-0.25, -0.2) is 4.39 Å². The summed E-state index contributed by atoms with van der Waals surface area (Å²) in [4.78, 5) is 37.6. The molecule has 0 aliphatic carbocycles. The predicted octanol–water partition coefficient (Wildman–Crippen LogP) is 2.62. The van der Waals surface area contributed by atoms with Crippen LogP contribution in [0.5, 0.6) is 0 Å². The number of ketones is 1. The monoisotopic (exact) mass is 470 g/mol. The number of rotatable bonds is 9. The van der Waals surface area contributed by atoms with Crippen LogP contribution < -0.4 is 15.8 Å². The summed E-state index contributed by atoms with van der Waals surface area (Å²) in [5.74, 6) is -1.60. The van der Waals surface area contributed by atoms with Crippen molar-refractivity contribution in [2.45, 2.75) is 45.1 Å². The van der Waals surface area contributed by atoms with E-state index in [4.69, 9.17) is 4.74 Å². The quantitative estimate of drug-likeness (QED) is 0.552. The summed E-state index contributed by atoms with van der Waals surface area (Å²) in [5, 5.41) is 6.18. The summed E-state index contributed by atoms with van der Waals surface area (Å²) >= 11 is 0. The van der Waals surface area contributed by atoms with Gasteiger partial charge in [-0.3, -0.25) is 14.4 Å². The molecule has 8 heteroatoms. The highest BCUT2D eigenvalue weighted by Gasteiger charge is 2.31. The first-order chi connectivity index (χ1) is 15.6. The van der Waals surface area contributed by atoms with Gasteiger partial charge in [0.1, 0.15) is 11.9 Å². The van der Waals surface area contributed by atoms with Crippen LogP contribution in [-0.4, -0.2) is 39.3 Å². The second-order valence-electron chi connectivity index (χ2n) is 9.53. The van der Waals surface area contributed by atoms with Crippen LogP contribution in [0.2, 0.25) is 19.6 Å². The fourth-order valence-corrected chi connectivity index (χ4v) is 5.33. The van der Waals surface area contributed by atoms with Crippen molar-refractivity contribution in [3.8, 4) is 0 Å². The molecule has 176 valence electrons. The molecule has 2 aromatic carbocycles. The molecule has 0 spiro atoms. The number of hydrogen-bond donors (Lipinski definition) is 2. The van der Waals surface area contributed by atoms with E-state index < -0.39 is 20.0 Å². The van der Waals surface area contributed by atoms with E-state index in [1.165, 1.54) is 6.07 Å². The average molecular weight is 471 g/mol. The second kappa shape index (κ2) is 10.4. The molecule has 0 saturated carbocycles. The van der Waals surface area contributed by atoms with Gasteiger partial charge in [0.05, 0.1) is 20.6 Å². The lowest BCUT2D eigenvalue weighted by Crippen LogP contribution is -2.40. The van der Waals surface area contributed by atoms with E-state index in [2.05, 4.69) is 30.3 Å². The Morgan fingerprint density at radius 2 is 1.82 bits per heavy atom. The lowest BCUT2D eigenvalue weighted by atomic mass is 9.95. The number of methoxy groups -OCH3 is 1. The zero-order valence-corrected chi connectivity index (χ0v) is 20.5. The highest BCUT2D eigenvalue weighted by Crippen LogP contribution is 2.21. The van der Waals surface area contributed by atoms with Crippen molar-refractivity contribution in [2.75, 3.05) is 13.7 Å². The fraction of sp³-hybridized carbons (Fsp3) is 0.400. The maximum Gasteiger partial charge on any atom is 0.226 e. The number of ether oxygens (including phenoxy) is 1. The molecule has 2 atom stereocenters. The van der Waals surface area contributed by atoms with E-state index in [1.54, 1.807) is 31.4 Å². The minimum Gasteiger partial charge on any atom is -0.380 e. The number of carbonyl (C=O) groups excluding carboxylic acids is 3. The zero-order chi connectivity index (χ0) is 24.2. The molecule has 2 N–H and O–H groups in total. The zero-order valence-electron chi connectivity index (χ0n) is 19.5. The van der Waals surface area contributed by atoms with Crippen molar-refractivity contribution < 1.29 is 23.5 Å². The summed E-state index contributed by atoms with van der Waals surface area (Å²) in [6.07, 6.45) is 0.0817. The van der Waals surface area contributed by atoms with E-state index in [-0.39, 0.29) is 42.8 Å². The van der Waals surface area contributed by atoms with Crippen LogP contribution in [0.4, 0.5) is 4.39 Å². The first-order valence-corrected chi connectivity index (χ1v) is 14.5. The van der Waals surface area contributed by atoms with Gasteiger partial charge < -0.3 is 15.4 Å². The Bertz CT molecular complexity index is 1030. The van der Waals surface area contributed by atoms with E-state index >= 15 is 0 Å².